The van der Waals surface area contributed by atoms with E-state index in [2.05, 4.69) is 15.9 Å². The summed E-state index contributed by atoms with van der Waals surface area (Å²) in [5.41, 5.74) is 1.85. The molecule has 0 bridgehead atoms. The molecule has 1 aliphatic rings. The molecule has 2 aromatic carbocycles. The summed E-state index contributed by atoms with van der Waals surface area (Å²) in [4.78, 5) is 14.1. The fourth-order valence-electron chi connectivity index (χ4n) is 2.58. The molecular weight excluding hydrogens is 349 g/mol. The first-order valence-electron chi connectivity index (χ1n) is 7.01. The van der Waals surface area contributed by atoms with E-state index in [1.54, 1.807) is 17.0 Å². The lowest BCUT2D eigenvalue weighted by Crippen LogP contribution is -2.34. The average molecular weight is 364 g/mol. The molecule has 0 aliphatic carbocycles. The van der Waals surface area contributed by atoms with Gasteiger partial charge in [-0.2, -0.15) is 0 Å². The first-order chi connectivity index (χ1) is 10.5. The highest BCUT2D eigenvalue weighted by atomic mass is 79.9. The van der Waals surface area contributed by atoms with Crippen LogP contribution in [0.5, 0.6) is 5.75 Å². The van der Waals surface area contributed by atoms with Crippen molar-refractivity contribution in [3.63, 3.8) is 0 Å². The molecule has 1 amide bonds. The fourth-order valence-corrected chi connectivity index (χ4v) is 2.99. The molecule has 3 rings (SSSR count). The van der Waals surface area contributed by atoms with Gasteiger partial charge in [0.1, 0.15) is 11.6 Å². The normalized spacial score (nSPS) is 15.8. The molecule has 22 heavy (non-hydrogen) atoms. The zero-order valence-electron chi connectivity index (χ0n) is 12.1. The first-order valence-corrected chi connectivity index (χ1v) is 7.80. The largest absolute Gasteiger partial charge is 0.483 e. The van der Waals surface area contributed by atoms with Crippen LogP contribution in [0.1, 0.15) is 24.1 Å². The van der Waals surface area contributed by atoms with E-state index in [9.17, 15) is 9.18 Å². The predicted octanol–water partition coefficient (Wildman–Crippen LogP) is 4.07. The van der Waals surface area contributed by atoms with Crippen molar-refractivity contribution in [1.82, 2.24) is 4.90 Å². The number of fused-ring (bicyclic) bond motifs is 1. The molecule has 0 radical (unpaired) electrons. The van der Waals surface area contributed by atoms with Crippen molar-refractivity contribution in [1.29, 1.82) is 0 Å². The summed E-state index contributed by atoms with van der Waals surface area (Å²) in [6, 6.07) is 11.8. The SMILES string of the molecule is C[C@H](c1ccc(F)cc1)N1Cc2cc(Br)ccc2OCC1=O. The molecule has 0 spiro atoms. The minimum absolute atomic E-state index is 0.0141. The van der Waals surface area contributed by atoms with Crippen LogP contribution in [0.2, 0.25) is 0 Å². The third-order valence-electron chi connectivity index (χ3n) is 3.85. The predicted molar refractivity (Wildman–Crippen MR) is 85.0 cm³/mol. The highest BCUT2D eigenvalue weighted by molar-refractivity contribution is 9.10. The van der Waals surface area contributed by atoms with Crippen LogP contribution in [0, 0.1) is 5.82 Å². The Morgan fingerprint density at radius 2 is 1.95 bits per heavy atom. The van der Waals surface area contributed by atoms with Gasteiger partial charge in [0.2, 0.25) is 0 Å². The summed E-state index contributed by atoms with van der Waals surface area (Å²) in [7, 11) is 0. The fraction of sp³-hybridized carbons (Fsp3) is 0.235. The second-order valence-corrected chi connectivity index (χ2v) is 6.21. The molecule has 5 heteroatoms. The van der Waals surface area contributed by atoms with E-state index >= 15 is 0 Å². The molecule has 0 N–H and O–H groups in total. The number of carbonyl (C=O) groups excluding carboxylic acids is 1. The Balaban J connectivity index is 1.91. The van der Waals surface area contributed by atoms with Crippen LogP contribution in [-0.4, -0.2) is 17.4 Å². The summed E-state index contributed by atoms with van der Waals surface area (Å²) in [5.74, 6) is 0.366. The maximum absolute atomic E-state index is 13.1. The first kappa shape index (κ1) is 15.0. The summed E-state index contributed by atoms with van der Waals surface area (Å²) in [6.07, 6.45) is 0. The summed E-state index contributed by atoms with van der Waals surface area (Å²) in [6.45, 7) is 2.42. The van der Waals surface area contributed by atoms with Crippen LogP contribution in [0.3, 0.4) is 0 Å². The van der Waals surface area contributed by atoms with Gasteiger partial charge in [0.05, 0.1) is 12.6 Å². The van der Waals surface area contributed by atoms with Gasteiger partial charge >= 0.3 is 0 Å². The number of carbonyl (C=O) groups is 1. The summed E-state index contributed by atoms with van der Waals surface area (Å²) < 4.78 is 19.6. The quantitative estimate of drug-likeness (QED) is 0.804. The number of hydrogen-bond acceptors (Lipinski definition) is 2. The van der Waals surface area contributed by atoms with Gasteiger partial charge in [0, 0.05) is 10.0 Å². The summed E-state index contributed by atoms with van der Waals surface area (Å²) in [5, 5.41) is 0. The Kier molecular flexibility index (Phi) is 4.16. The van der Waals surface area contributed by atoms with Crippen LogP contribution in [0.25, 0.3) is 0 Å². The van der Waals surface area contributed by atoms with Crippen LogP contribution in [0.4, 0.5) is 4.39 Å². The second kappa shape index (κ2) is 6.08. The van der Waals surface area contributed by atoms with E-state index in [0.717, 1.165) is 21.3 Å². The topological polar surface area (TPSA) is 29.5 Å². The number of halogens is 2. The third-order valence-corrected chi connectivity index (χ3v) is 4.35. The lowest BCUT2D eigenvalue weighted by molar-refractivity contribution is -0.135. The second-order valence-electron chi connectivity index (χ2n) is 5.29. The minimum Gasteiger partial charge on any atom is -0.483 e. The number of benzene rings is 2. The standard InChI is InChI=1S/C17H15BrFNO2/c1-11(12-2-5-15(19)6-3-12)20-9-13-8-14(18)4-7-16(13)22-10-17(20)21/h2-8,11H,9-10H2,1H3/t11-/m1/s1. The lowest BCUT2D eigenvalue weighted by atomic mass is 10.1. The van der Waals surface area contributed by atoms with Crippen molar-refractivity contribution < 1.29 is 13.9 Å². The van der Waals surface area contributed by atoms with Gasteiger partial charge in [-0.15, -0.1) is 0 Å². The lowest BCUT2D eigenvalue weighted by Gasteiger charge is -2.28. The third kappa shape index (κ3) is 2.99. The van der Waals surface area contributed by atoms with E-state index in [4.69, 9.17) is 4.74 Å². The Labute approximate surface area is 136 Å². The zero-order chi connectivity index (χ0) is 15.7. The molecule has 0 fully saturated rings. The van der Waals surface area contributed by atoms with Gasteiger partial charge < -0.3 is 9.64 Å². The van der Waals surface area contributed by atoms with Crippen molar-refractivity contribution >= 4 is 21.8 Å². The van der Waals surface area contributed by atoms with E-state index in [1.807, 2.05) is 25.1 Å². The molecule has 2 aromatic rings. The highest BCUT2D eigenvalue weighted by Crippen LogP contribution is 2.31. The maximum atomic E-state index is 13.1. The molecule has 0 unspecified atom stereocenters. The minimum atomic E-state index is -0.282. The molecule has 1 aliphatic heterocycles. The molecule has 0 saturated heterocycles. The molecule has 0 saturated carbocycles. The van der Waals surface area contributed by atoms with Gasteiger partial charge in [-0.25, -0.2) is 4.39 Å². The van der Waals surface area contributed by atoms with E-state index in [-0.39, 0.29) is 24.4 Å². The molecule has 114 valence electrons. The highest BCUT2D eigenvalue weighted by Gasteiger charge is 2.26. The van der Waals surface area contributed by atoms with Crippen LogP contribution in [-0.2, 0) is 11.3 Å². The van der Waals surface area contributed by atoms with Crippen molar-refractivity contribution in [2.24, 2.45) is 0 Å². The smallest absolute Gasteiger partial charge is 0.261 e. The Bertz CT molecular complexity index is 702. The Morgan fingerprint density at radius 1 is 1.23 bits per heavy atom. The van der Waals surface area contributed by atoms with Gasteiger partial charge in [-0.3, -0.25) is 4.79 Å². The molecular formula is C17H15BrFNO2. The van der Waals surface area contributed by atoms with Crippen LogP contribution in [0.15, 0.2) is 46.9 Å². The van der Waals surface area contributed by atoms with Gasteiger partial charge in [-0.1, -0.05) is 28.1 Å². The molecule has 3 nitrogen and oxygen atoms in total. The maximum Gasteiger partial charge on any atom is 0.261 e. The van der Waals surface area contributed by atoms with Crippen molar-refractivity contribution in [3.05, 3.63) is 63.9 Å². The van der Waals surface area contributed by atoms with E-state index in [0.29, 0.717) is 6.54 Å². The van der Waals surface area contributed by atoms with Crippen molar-refractivity contribution in [2.75, 3.05) is 6.61 Å². The van der Waals surface area contributed by atoms with E-state index in [1.165, 1.54) is 12.1 Å². The van der Waals surface area contributed by atoms with Crippen molar-refractivity contribution in [2.45, 2.75) is 19.5 Å². The Hall–Kier alpha value is -1.88. The Morgan fingerprint density at radius 3 is 2.68 bits per heavy atom. The number of amides is 1. The molecule has 1 atom stereocenters. The molecule has 1 heterocycles. The number of hydrogen-bond donors (Lipinski definition) is 0. The number of nitrogens with zero attached hydrogens (tertiary/aromatic N) is 1. The van der Waals surface area contributed by atoms with Gasteiger partial charge in [-0.05, 0) is 42.8 Å². The van der Waals surface area contributed by atoms with E-state index < -0.39 is 0 Å². The molecule has 0 aromatic heterocycles. The van der Waals surface area contributed by atoms with Gasteiger partial charge in [0.15, 0.2) is 6.61 Å². The zero-order valence-corrected chi connectivity index (χ0v) is 13.6. The van der Waals surface area contributed by atoms with Gasteiger partial charge in [0.25, 0.3) is 5.91 Å². The average Bonchev–Trinajstić information content (AvgIpc) is 2.66. The van der Waals surface area contributed by atoms with Crippen molar-refractivity contribution in [3.8, 4) is 5.75 Å². The monoisotopic (exact) mass is 363 g/mol. The van der Waals surface area contributed by atoms with Crippen LogP contribution >= 0.6 is 15.9 Å². The number of rotatable bonds is 2. The summed E-state index contributed by atoms with van der Waals surface area (Å²) >= 11 is 3.44. The number of ether oxygens (including phenoxy) is 1. The van der Waals surface area contributed by atoms with Crippen LogP contribution < -0.4 is 4.74 Å².